The Kier molecular flexibility index (Phi) is 6.02. The minimum absolute atomic E-state index is 0.00794. The van der Waals surface area contributed by atoms with Gasteiger partial charge in [0, 0.05) is 29.1 Å². The van der Waals surface area contributed by atoms with E-state index in [0.717, 1.165) is 55.3 Å². The van der Waals surface area contributed by atoms with Crippen LogP contribution in [-0.2, 0) is 23.2 Å². The highest BCUT2D eigenvalue weighted by Crippen LogP contribution is 2.48. The lowest BCUT2D eigenvalue weighted by molar-refractivity contribution is -0.118. The van der Waals surface area contributed by atoms with Crippen LogP contribution in [0.4, 0.5) is 5.69 Å². The number of carbonyl (C=O) groups excluding carboxylic acids is 1. The first-order chi connectivity index (χ1) is 16.0. The lowest BCUT2D eigenvalue weighted by Crippen LogP contribution is -2.46. The SMILES string of the molecule is COc1ccc2c(c1)C1(CCN(Cc3cc(C)cc(C)c3)CC1)CN2C(=O)Cc1cccs1. The van der Waals surface area contributed by atoms with E-state index in [1.54, 1.807) is 18.4 Å². The first kappa shape index (κ1) is 22.2. The Bertz CT molecular complexity index is 1130. The molecule has 2 aromatic carbocycles. The third kappa shape index (κ3) is 4.44. The molecule has 0 atom stereocenters. The number of hydrogen-bond donors (Lipinski definition) is 0. The molecule has 5 rings (SSSR count). The standard InChI is InChI=1S/C28H32N2O2S/c1-20-13-21(2)15-22(14-20)18-29-10-8-28(9-11-29)19-30(27(31)17-24-5-4-12-33-24)26-7-6-23(32-3)16-25(26)28/h4-7,12-16H,8-11,17-19H2,1-3H3. The van der Waals surface area contributed by atoms with E-state index >= 15 is 0 Å². The van der Waals surface area contributed by atoms with E-state index in [2.05, 4.69) is 55.1 Å². The van der Waals surface area contributed by atoms with Crippen molar-refractivity contribution in [3.05, 3.63) is 81.0 Å². The monoisotopic (exact) mass is 460 g/mol. The highest BCUT2D eigenvalue weighted by molar-refractivity contribution is 7.10. The maximum atomic E-state index is 13.3. The van der Waals surface area contributed by atoms with Gasteiger partial charge in [-0.25, -0.2) is 0 Å². The number of fused-ring (bicyclic) bond motifs is 2. The second-order valence-electron chi connectivity index (χ2n) is 9.67. The molecular formula is C28H32N2O2S. The molecule has 5 heteroatoms. The first-order valence-corrected chi connectivity index (χ1v) is 12.6. The Balaban J connectivity index is 1.36. The van der Waals surface area contributed by atoms with E-state index in [1.165, 1.54) is 22.3 Å². The molecule has 1 spiro atoms. The number of benzene rings is 2. The van der Waals surface area contributed by atoms with Gasteiger partial charge in [0.25, 0.3) is 0 Å². The molecule has 33 heavy (non-hydrogen) atoms. The Labute approximate surface area is 200 Å². The smallest absolute Gasteiger partial charge is 0.232 e. The molecule has 2 aliphatic rings. The number of anilines is 1. The van der Waals surface area contributed by atoms with Gasteiger partial charge in [-0.3, -0.25) is 9.69 Å². The number of amides is 1. The quantitative estimate of drug-likeness (QED) is 0.504. The first-order valence-electron chi connectivity index (χ1n) is 11.8. The molecule has 1 saturated heterocycles. The molecule has 3 aromatic rings. The number of aryl methyl sites for hydroxylation is 2. The van der Waals surface area contributed by atoms with Crippen molar-refractivity contribution in [3.63, 3.8) is 0 Å². The normalized spacial score (nSPS) is 17.4. The summed E-state index contributed by atoms with van der Waals surface area (Å²) in [5, 5.41) is 2.04. The van der Waals surface area contributed by atoms with Gasteiger partial charge in [-0.1, -0.05) is 35.4 Å². The number of methoxy groups -OCH3 is 1. The highest BCUT2D eigenvalue weighted by atomic mass is 32.1. The number of carbonyl (C=O) groups is 1. The van der Waals surface area contributed by atoms with Gasteiger partial charge in [-0.15, -0.1) is 11.3 Å². The van der Waals surface area contributed by atoms with E-state index in [9.17, 15) is 4.79 Å². The van der Waals surface area contributed by atoms with Gasteiger partial charge < -0.3 is 9.64 Å². The van der Waals surface area contributed by atoms with Crippen molar-refractivity contribution in [1.29, 1.82) is 0 Å². The van der Waals surface area contributed by atoms with Crippen LogP contribution in [0.15, 0.2) is 53.9 Å². The van der Waals surface area contributed by atoms with Crippen molar-refractivity contribution in [2.75, 3.05) is 31.6 Å². The minimum atomic E-state index is 0.00794. The van der Waals surface area contributed by atoms with Gasteiger partial charge in [0.15, 0.2) is 0 Å². The summed E-state index contributed by atoms with van der Waals surface area (Å²) in [6, 6.07) is 17.1. The maximum absolute atomic E-state index is 13.3. The topological polar surface area (TPSA) is 32.8 Å². The number of likely N-dealkylation sites (tertiary alicyclic amines) is 1. The molecule has 3 heterocycles. The highest BCUT2D eigenvalue weighted by Gasteiger charge is 2.46. The van der Waals surface area contributed by atoms with Crippen LogP contribution in [0, 0.1) is 13.8 Å². The molecule has 1 amide bonds. The third-order valence-electron chi connectivity index (χ3n) is 7.23. The van der Waals surface area contributed by atoms with Crippen molar-refractivity contribution in [3.8, 4) is 5.75 Å². The lowest BCUT2D eigenvalue weighted by Gasteiger charge is -2.40. The molecule has 0 bridgehead atoms. The zero-order valence-corrected chi connectivity index (χ0v) is 20.6. The Morgan fingerprint density at radius 1 is 1.06 bits per heavy atom. The van der Waals surface area contributed by atoms with E-state index in [0.29, 0.717) is 6.42 Å². The molecule has 4 nitrogen and oxygen atoms in total. The third-order valence-corrected chi connectivity index (χ3v) is 8.11. The van der Waals surface area contributed by atoms with Gasteiger partial charge in [0.05, 0.1) is 13.5 Å². The van der Waals surface area contributed by atoms with Crippen molar-refractivity contribution < 1.29 is 9.53 Å². The van der Waals surface area contributed by atoms with Crippen molar-refractivity contribution in [1.82, 2.24) is 4.90 Å². The van der Waals surface area contributed by atoms with Gasteiger partial charge >= 0.3 is 0 Å². The van der Waals surface area contributed by atoms with Crippen LogP contribution in [-0.4, -0.2) is 37.6 Å². The summed E-state index contributed by atoms with van der Waals surface area (Å²) in [7, 11) is 1.72. The fourth-order valence-electron chi connectivity index (χ4n) is 5.64. The van der Waals surface area contributed by atoms with E-state index < -0.39 is 0 Å². The van der Waals surface area contributed by atoms with Crippen LogP contribution in [0.1, 0.15) is 40.0 Å². The van der Waals surface area contributed by atoms with Crippen LogP contribution in [0.3, 0.4) is 0 Å². The summed E-state index contributed by atoms with van der Waals surface area (Å²) < 4.78 is 5.56. The van der Waals surface area contributed by atoms with E-state index in [-0.39, 0.29) is 11.3 Å². The number of nitrogens with zero attached hydrogens (tertiary/aromatic N) is 2. The molecule has 2 aliphatic heterocycles. The number of thiophene rings is 1. The van der Waals surface area contributed by atoms with Crippen LogP contribution in [0.25, 0.3) is 0 Å². The molecule has 0 radical (unpaired) electrons. The predicted molar refractivity (Wildman–Crippen MR) is 135 cm³/mol. The molecule has 0 saturated carbocycles. The number of hydrogen-bond acceptors (Lipinski definition) is 4. The Hall–Kier alpha value is -2.63. The van der Waals surface area contributed by atoms with E-state index in [4.69, 9.17) is 4.74 Å². The molecule has 0 aliphatic carbocycles. The Morgan fingerprint density at radius 3 is 2.48 bits per heavy atom. The van der Waals surface area contributed by atoms with Gasteiger partial charge in [0.2, 0.25) is 5.91 Å². The summed E-state index contributed by atoms with van der Waals surface area (Å²) in [6.07, 6.45) is 2.58. The van der Waals surface area contributed by atoms with Gasteiger partial charge in [-0.2, -0.15) is 0 Å². The van der Waals surface area contributed by atoms with E-state index in [1.807, 2.05) is 22.4 Å². The molecule has 0 unspecified atom stereocenters. The van der Waals surface area contributed by atoms with Crippen LogP contribution < -0.4 is 9.64 Å². The molecule has 172 valence electrons. The molecule has 1 aromatic heterocycles. The average Bonchev–Trinajstić information content (AvgIpc) is 3.41. The van der Waals surface area contributed by atoms with Crippen molar-refractivity contribution >= 4 is 22.9 Å². The fourth-order valence-corrected chi connectivity index (χ4v) is 6.34. The fraction of sp³-hybridized carbons (Fsp3) is 0.393. The maximum Gasteiger partial charge on any atom is 0.232 e. The van der Waals surface area contributed by atoms with Gasteiger partial charge in [-0.05, 0) is 80.6 Å². The van der Waals surface area contributed by atoms with Crippen molar-refractivity contribution in [2.45, 2.75) is 45.1 Å². The zero-order chi connectivity index (χ0) is 23.0. The summed E-state index contributed by atoms with van der Waals surface area (Å²) in [5.41, 5.74) is 6.41. The number of ether oxygens (including phenoxy) is 1. The zero-order valence-electron chi connectivity index (χ0n) is 19.8. The number of rotatable bonds is 5. The summed E-state index contributed by atoms with van der Waals surface area (Å²) >= 11 is 1.65. The van der Waals surface area contributed by atoms with Crippen LogP contribution >= 0.6 is 11.3 Å². The average molecular weight is 461 g/mol. The largest absolute Gasteiger partial charge is 0.497 e. The second kappa shape index (κ2) is 8.96. The number of piperidine rings is 1. The molecule has 1 fully saturated rings. The van der Waals surface area contributed by atoms with Crippen LogP contribution in [0.2, 0.25) is 0 Å². The summed E-state index contributed by atoms with van der Waals surface area (Å²) in [5.74, 6) is 1.07. The molecular weight excluding hydrogens is 428 g/mol. The molecule has 0 N–H and O–H groups in total. The van der Waals surface area contributed by atoms with Gasteiger partial charge in [0.1, 0.15) is 5.75 Å². The van der Waals surface area contributed by atoms with Crippen molar-refractivity contribution in [2.24, 2.45) is 0 Å². The minimum Gasteiger partial charge on any atom is -0.497 e. The lowest BCUT2D eigenvalue weighted by atomic mass is 9.74. The summed E-state index contributed by atoms with van der Waals surface area (Å²) in [4.78, 5) is 19.0. The predicted octanol–water partition coefficient (Wildman–Crippen LogP) is 5.50. The Morgan fingerprint density at radius 2 is 1.82 bits per heavy atom. The summed E-state index contributed by atoms with van der Waals surface area (Å²) in [6.45, 7) is 8.19. The van der Waals surface area contributed by atoms with Crippen LogP contribution in [0.5, 0.6) is 5.75 Å². The second-order valence-corrected chi connectivity index (χ2v) is 10.7.